The monoisotopic (exact) mass is 850 g/mol. The number of aromatic nitrogens is 4. The average Bonchev–Trinajstić information content (AvgIpc) is 3.20. The Hall–Kier alpha value is -2.84. The van der Waals surface area contributed by atoms with Gasteiger partial charge in [-0.25, -0.2) is 19.9 Å². The van der Waals surface area contributed by atoms with Crippen molar-refractivity contribution in [3.8, 4) is 34.3 Å². The van der Waals surface area contributed by atoms with Crippen molar-refractivity contribution < 1.29 is 9.47 Å². The molecule has 0 radical (unpaired) electrons. The Morgan fingerprint density at radius 2 is 0.755 bits per heavy atom. The lowest BCUT2D eigenvalue weighted by Gasteiger charge is -2.07. The van der Waals surface area contributed by atoms with Crippen LogP contribution in [0.3, 0.4) is 0 Å². The number of benzene rings is 2. The molecule has 53 heavy (non-hydrogen) atoms. The van der Waals surface area contributed by atoms with Gasteiger partial charge in [-0.05, 0) is 124 Å². The first kappa shape index (κ1) is 44.6. The fourth-order valence-electron chi connectivity index (χ4n) is 5.84. The highest BCUT2D eigenvalue weighted by Gasteiger charge is 2.05. The third-order valence-corrected chi connectivity index (χ3v) is 10.2. The van der Waals surface area contributed by atoms with Crippen molar-refractivity contribution in [1.82, 2.24) is 19.9 Å². The van der Waals surface area contributed by atoms with Crippen LogP contribution in [0.15, 0.2) is 73.3 Å². The van der Waals surface area contributed by atoms with E-state index in [9.17, 15) is 0 Å². The van der Waals surface area contributed by atoms with Crippen LogP contribution in [-0.4, -0.2) is 43.8 Å². The fourth-order valence-corrected chi connectivity index (χ4v) is 6.63. The maximum atomic E-state index is 5.79. The van der Waals surface area contributed by atoms with Crippen molar-refractivity contribution >= 4 is 31.9 Å². The molecule has 6 nitrogen and oxygen atoms in total. The van der Waals surface area contributed by atoms with Crippen LogP contribution in [0.2, 0.25) is 0 Å². The summed E-state index contributed by atoms with van der Waals surface area (Å²) in [5, 5.41) is 2.14. The summed E-state index contributed by atoms with van der Waals surface area (Å²) in [6.07, 6.45) is 31.4. The maximum Gasteiger partial charge on any atom is 0.159 e. The van der Waals surface area contributed by atoms with E-state index < -0.39 is 0 Å². The first-order chi connectivity index (χ1) is 26.2. The molecule has 0 saturated heterocycles. The van der Waals surface area contributed by atoms with Crippen LogP contribution in [-0.2, 0) is 12.8 Å². The Labute approximate surface area is 338 Å². The van der Waals surface area contributed by atoms with Crippen LogP contribution in [0.25, 0.3) is 22.8 Å². The largest absolute Gasteiger partial charge is 0.494 e. The molecule has 2 heterocycles. The molecule has 0 saturated carbocycles. The van der Waals surface area contributed by atoms with Gasteiger partial charge in [-0.1, -0.05) is 103 Å². The molecule has 4 aromatic rings. The van der Waals surface area contributed by atoms with Crippen LogP contribution in [0.4, 0.5) is 0 Å². The van der Waals surface area contributed by atoms with E-state index in [0.717, 1.165) is 83.8 Å². The molecule has 0 aliphatic heterocycles. The zero-order chi connectivity index (χ0) is 37.6. The lowest BCUT2D eigenvalue weighted by atomic mass is 10.1. The Bertz CT molecular complexity index is 1440. The number of halogens is 2. The fraction of sp³-hybridized carbons (Fsp3) is 0.556. The van der Waals surface area contributed by atoms with Crippen LogP contribution >= 0.6 is 31.9 Å². The summed E-state index contributed by atoms with van der Waals surface area (Å²) in [4.78, 5) is 18.1. The zero-order valence-corrected chi connectivity index (χ0v) is 35.7. The van der Waals surface area contributed by atoms with E-state index >= 15 is 0 Å². The van der Waals surface area contributed by atoms with E-state index in [0.29, 0.717) is 0 Å². The number of hydrogen-bond donors (Lipinski definition) is 0. The highest BCUT2D eigenvalue weighted by atomic mass is 79.9. The molecule has 8 heteroatoms. The molecule has 290 valence electrons. The van der Waals surface area contributed by atoms with Gasteiger partial charge in [0.05, 0.1) is 13.2 Å². The lowest BCUT2D eigenvalue weighted by Crippen LogP contribution is -1.97. The van der Waals surface area contributed by atoms with Gasteiger partial charge in [0.2, 0.25) is 0 Å². The number of rotatable bonds is 27. The van der Waals surface area contributed by atoms with Gasteiger partial charge in [0.15, 0.2) is 11.6 Å². The van der Waals surface area contributed by atoms with Crippen molar-refractivity contribution in [3.05, 3.63) is 84.4 Å². The molecule has 0 fully saturated rings. The minimum Gasteiger partial charge on any atom is -0.494 e. The van der Waals surface area contributed by atoms with Gasteiger partial charge >= 0.3 is 0 Å². The van der Waals surface area contributed by atoms with E-state index in [-0.39, 0.29) is 0 Å². The van der Waals surface area contributed by atoms with Gasteiger partial charge in [-0.15, -0.1) is 0 Å². The summed E-state index contributed by atoms with van der Waals surface area (Å²) in [6.45, 7) is 6.05. The van der Waals surface area contributed by atoms with Crippen molar-refractivity contribution in [2.24, 2.45) is 0 Å². The van der Waals surface area contributed by atoms with Gasteiger partial charge in [-0.2, -0.15) is 0 Å². The smallest absolute Gasteiger partial charge is 0.159 e. The molecular weight excluding hydrogens is 788 g/mol. The summed E-state index contributed by atoms with van der Waals surface area (Å²) in [7, 11) is 0. The summed E-state index contributed by atoms with van der Waals surface area (Å²) in [5.41, 5.74) is 4.53. The number of ether oxygens (including phenoxy) is 2. The topological polar surface area (TPSA) is 70.0 Å². The van der Waals surface area contributed by atoms with Crippen molar-refractivity contribution in [2.45, 2.75) is 136 Å². The van der Waals surface area contributed by atoms with Crippen molar-refractivity contribution in [3.63, 3.8) is 0 Å². The Kier molecular flexibility index (Phi) is 24.8. The second kappa shape index (κ2) is 29.5. The third-order valence-electron chi connectivity index (χ3n) is 9.12. The first-order valence-corrected chi connectivity index (χ1v) is 22.6. The molecule has 0 atom stereocenters. The summed E-state index contributed by atoms with van der Waals surface area (Å²) < 4.78 is 11.6. The molecule has 0 bridgehead atoms. The van der Waals surface area contributed by atoms with Crippen molar-refractivity contribution in [1.29, 1.82) is 0 Å². The second-order valence-corrected chi connectivity index (χ2v) is 15.3. The molecule has 2 aromatic carbocycles. The highest BCUT2D eigenvalue weighted by Crippen LogP contribution is 2.21. The number of alkyl halides is 2. The average molecular weight is 853 g/mol. The first-order valence-electron chi connectivity index (χ1n) is 20.4. The van der Waals surface area contributed by atoms with Gasteiger partial charge in [0.1, 0.15) is 11.5 Å². The van der Waals surface area contributed by atoms with Crippen molar-refractivity contribution in [2.75, 3.05) is 23.9 Å². The van der Waals surface area contributed by atoms with E-state index in [1.54, 1.807) is 0 Å². The lowest BCUT2D eigenvalue weighted by molar-refractivity contribution is 0.306. The Morgan fingerprint density at radius 1 is 0.415 bits per heavy atom. The number of hydrogen-bond acceptors (Lipinski definition) is 6. The molecule has 0 aliphatic rings. The standard InChI is InChI=1S/C24H35BrN2O.C21H29BrN2O/c1-2-3-4-5-6-7-9-12-21-19-26-24(27-20-21)22-13-15-23(16-14-22)28-18-11-8-10-17-25;1-2-3-4-6-9-18-16-23-21(24-17-18)19-10-12-20(13-11-19)25-15-8-5-7-14-22/h13-16,19-20H,2-12,17-18H2,1H3;10-13,16-17H,2-9,14-15H2,1H3. The van der Waals surface area contributed by atoms with E-state index in [2.05, 4.69) is 65.6 Å². The van der Waals surface area contributed by atoms with E-state index in [1.807, 2.05) is 73.3 Å². The number of aryl methyl sites for hydroxylation is 2. The number of unbranched alkanes of at least 4 members (excludes halogenated alkanes) is 13. The van der Waals surface area contributed by atoms with Gasteiger partial charge in [0, 0.05) is 46.6 Å². The molecule has 0 spiro atoms. The van der Waals surface area contributed by atoms with E-state index in [1.165, 1.54) is 107 Å². The Balaban J connectivity index is 0.000000287. The quantitative estimate of drug-likeness (QED) is 0.0440. The molecule has 0 amide bonds. The third kappa shape index (κ3) is 19.9. The van der Waals surface area contributed by atoms with Crippen LogP contribution in [0, 0.1) is 0 Å². The summed E-state index contributed by atoms with van der Waals surface area (Å²) in [5.74, 6) is 3.39. The molecule has 0 aliphatic carbocycles. The van der Waals surface area contributed by atoms with Gasteiger partial charge < -0.3 is 9.47 Å². The molecule has 2 aromatic heterocycles. The van der Waals surface area contributed by atoms with Gasteiger partial charge in [-0.3, -0.25) is 0 Å². The normalized spacial score (nSPS) is 10.9. The minimum absolute atomic E-state index is 0.773. The Morgan fingerprint density at radius 3 is 1.13 bits per heavy atom. The predicted octanol–water partition coefficient (Wildman–Crippen LogP) is 13.6. The molecule has 0 N–H and O–H groups in total. The maximum absolute atomic E-state index is 5.79. The zero-order valence-electron chi connectivity index (χ0n) is 32.6. The number of nitrogens with zero attached hydrogens (tertiary/aromatic N) is 4. The summed E-state index contributed by atoms with van der Waals surface area (Å²) in [6, 6.07) is 16.2. The van der Waals surface area contributed by atoms with E-state index in [4.69, 9.17) is 9.47 Å². The van der Waals surface area contributed by atoms with Crippen LogP contribution in [0.1, 0.15) is 134 Å². The second-order valence-electron chi connectivity index (χ2n) is 13.8. The molecular formula is C45H64Br2N4O2. The molecule has 0 unspecified atom stereocenters. The van der Waals surface area contributed by atoms with Crippen LogP contribution in [0.5, 0.6) is 11.5 Å². The molecule has 4 rings (SSSR count). The SMILES string of the molecule is CCCCCCCCCc1cnc(-c2ccc(OCCCCCBr)cc2)nc1.CCCCCCc1cnc(-c2ccc(OCCCCCBr)cc2)nc1. The minimum atomic E-state index is 0.773. The van der Waals surface area contributed by atoms with Gasteiger partial charge in [0.25, 0.3) is 0 Å². The predicted molar refractivity (Wildman–Crippen MR) is 231 cm³/mol. The summed E-state index contributed by atoms with van der Waals surface area (Å²) >= 11 is 6.90. The highest BCUT2D eigenvalue weighted by molar-refractivity contribution is 9.09. The van der Waals surface area contributed by atoms with Crippen LogP contribution < -0.4 is 9.47 Å².